The molecule has 2 N–H and O–H groups in total. The first-order chi connectivity index (χ1) is 12.4. The van der Waals surface area contributed by atoms with Gasteiger partial charge < -0.3 is 5.32 Å². The van der Waals surface area contributed by atoms with Crippen LogP contribution in [0.4, 0.5) is 10.8 Å². The molecule has 3 aromatic rings. The highest BCUT2D eigenvalue weighted by Crippen LogP contribution is 2.24. The lowest BCUT2D eigenvalue weighted by atomic mass is 10.2. The third-order valence-electron chi connectivity index (χ3n) is 3.58. The van der Waals surface area contributed by atoms with Gasteiger partial charge in [0, 0.05) is 26.7 Å². The van der Waals surface area contributed by atoms with Gasteiger partial charge in [0.25, 0.3) is 11.8 Å². The van der Waals surface area contributed by atoms with Crippen LogP contribution in [0.1, 0.15) is 26.4 Å². The van der Waals surface area contributed by atoms with Gasteiger partial charge in [-0.15, -0.1) is 11.3 Å². The van der Waals surface area contributed by atoms with Crippen LogP contribution in [0.3, 0.4) is 0 Å². The van der Waals surface area contributed by atoms with Crippen molar-refractivity contribution in [1.29, 1.82) is 0 Å². The first-order valence-corrected chi connectivity index (χ1v) is 9.16. The molecule has 0 fully saturated rings. The van der Waals surface area contributed by atoms with E-state index in [0.29, 0.717) is 26.4 Å². The fourth-order valence-corrected chi connectivity index (χ4v) is 3.12. The summed E-state index contributed by atoms with van der Waals surface area (Å²) < 4.78 is 0. The molecule has 0 aliphatic carbocycles. The molecule has 0 saturated carbocycles. The molecule has 3 rings (SSSR count). The number of hydrogen-bond acceptors (Lipinski definition) is 4. The van der Waals surface area contributed by atoms with Crippen molar-refractivity contribution in [3.05, 3.63) is 74.7 Å². The van der Waals surface area contributed by atoms with E-state index < -0.39 is 0 Å². The first kappa shape index (κ1) is 18.4. The van der Waals surface area contributed by atoms with E-state index in [9.17, 15) is 9.59 Å². The Morgan fingerprint density at radius 3 is 2.46 bits per heavy atom. The summed E-state index contributed by atoms with van der Waals surface area (Å²) >= 11 is 13.0. The van der Waals surface area contributed by atoms with Gasteiger partial charge in [0.15, 0.2) is 5.13 Å². The summed E-state index contributed by atoms with van der Waals surface area (Å²) in [5, 5.41) is 8.45. The number of nitrogens with zero attached hydrogens (tertiary/aromatic N) is 1. The molecule has 0 aliphatic rings. The monoisotopic (exact) mass is 405 g/mol. The quantitative estimate of drug-likeness (QED) is 0.621. The van der Waals surface area contributed by atoms with E-state index in [1.54, 1.807) is 47.8 Å². The molecule has 26 heavy (non-hydrogen) atoms. The van der Waals surface area contributed by atoms with E-state index in [4.69, 9.17) is 23.2 Å². The van der Waals surface area contributed by atoms with Crippen molar-refractivity contribution in [2.75, 3.05) is 10.6 Å². The molecule has 0 spiro atoms. The summed E-state index contributed by atoms with van der Waals surface area (Å²) in [5.74, 6) is -0.702. The number of carbonyl (C=O) groups excluding carboxylic acids is 2. The van der Waals surface area contributed by atoms with Gasteiger partial charge in [0.2, 0.25) is 0 Å². The Labute approximate surface area is 164 Å². The van der Waals surface area contributed by atoms with Crippen molar-refractivity contribution in [1.82, 2.24) is 4.98 Å². The minimum Gasteiger partial charge on any atom is -0.320 e. The van der Waals surface area contributed by atoms with Crippen LogP contribution in [0.2, 0.25) is 10.0 Å². The fourth-order valence-electron chi connectivity index (χ4n) is 2.14. The second-order valence-corrected chi connectivity index (χ2v) is 7.07. The third kappa shape index (κ3) is 4.22. The molecule has 8 heteroatoms. The van der Waals surface area contributed by atoms with Crippen LogP contribution in [0.15, 0.2) is 47.8 Å². The summed E-state index contributed by atoms with van der Waals surface area (Å²) in [4.78, 5) is 28.7. The molecule has 2 aromatic carbocycles. The van der Waals surface area contributed by atoms with Crippen LogP contribution in [0.5, 0.6) is 0 Å². The first-order valence-electron chi connectivity index (χ1n) is 7.53. The van der Waals surface area contributed by atoms with Gasteiger partial charge in [-0.05, 0) is 48.9 Å². The van der Waals surface area contributed by atoms with Gasteiger partial charge in [0.1, 0.15) is 5.69 Å². The molecule has 5 nitrogen and oxygen atoms in total. The van der Waals surface area contributed by atoms with Crippen LogP contribution < -0.4 is 10.6 Å². The van der Waals surface area contributed by atoms with Gasteiger partial charge in [-0.3, -0.25) is 14.9 Å². The number of anilines is 2. The average Bonchev–Trinajstić information content (AvgIpc) is 3.08. The summed E-state index contributed by atoms with van der Waals surface area (Å²) in [6, 6.07) is 11.7. The number of benzene rings is 2. The maximum absolute atomic E-state index is 12.3. The number of nitrogens with one attached hydrogen (secondary N) is 2. The number of carbonyl (C=O) groups is 2. The van der Waals surface area contributed by atoms with Crippen LogP contribution in [0.25, 0.3) is 0 Å². The number of aromatic nitrogens is 1. The Morgan fingerprint density at radius 1 is 1.00 bits per heavy atom. The lowest BCUT2D eigenvalue weighted by molar-refractivity contribution is 0.101. The maximum Gasteiger partial charge on any atom is 0.275 e. The van der Waals surface area contributed by atoms with Crippen molar-refractivity contribution < 1.29 is 9.59 Å². The molecular weight excluding hydrogens is 393 g/mol. The van der Waals surface area contributed by atoms with E-state index in [0.717, 1.165) is 5.56 Å². The molecule has 2 amide bonds. The normalized spacial score (nSPS) is 10.4. The number of rotatable bonds is 4. The zero-order chi connectivity index (χ0) is 18.7. The molecule has 0 bridgehead atoms. The van der Waals surface area contributed by atoms with E-state index in [1.807, 2.05) is 6.92 Å². The van der Waals surface area contributed by atoms with Crippen molar-refractivity contribution >= 4 is 57.2 Å². The zero-order valence-corrected chi connectivity index (χ0v) is 15.9. The predicted molar refractivity (Wildman–Crippen MR) is 106 cm³/mol. The molecule has 132 valence electrons. The Hall–Kier alpha value is -2.41. The Balaban J connectivity index is 1.69. The second kappa shape index (κ2) is 7.86. The maximum atomic E-state index is 12.3. The highest BCUT2D eigenvalue weighted by Gasteiger charge is 2.15. The number of hydrogen-bond donors (Lipinski definition) is 2. The van der Waals surface area contributed by atoms with Gasteiger partial charge in [0.05, 0.1) is 0 Å². The number of amides is 2. The topological polar surface area (TPSA) is 71.1 Å². The van der Waals surface area contributed by atoms with E-state index in [-0.39, 0.29) is 17.5 Å². The van der Waals surface area contributed by atoms with E-state index >= 15 is 0 Å². The van der Waals surface area contributed by atoms with Crippen molar-refractivity contribution in [3.63, 3.8) is 0 Å². The molecule has 0 unspecified atom stereocenters. The average molecular weight is 406 g/mol. The molecule has 0 saturated heterocycles. The molecule has 0 atom stereocenters. The highest BCUT2D eigenvalue weighted by molar-refractivity contribution is 7.14. The lowest BCUT2D eigenvalue weighted by Gasteiger charge is -2.08. The van der Waals surface area contributed by atoms with Crippen molar-refractivity contribution in [3.8, 4) is 0 Å². The molecule has 1 aromatic heterocycles. The van der Waals surface area contributed by atoms with E-state index in [2.05, 4.69) is 15.6 Å². The third-order valence-corrected chi connectivity index (χ3v) is 5.00. The van der Waals surface area contributed by atoms with E-state index in [1.165, 1.54) is 11.3 Å². The van der Waals surface area contributed by atoms with Gasteiger partial charge >= 0.3 is 0 Å². The molecule has 0 radical (unpaired) electrons. The predicted octanol–water partition coefficient (Wildman–Crippen LogP) is 5.26. The number of thiazole rings is 1. The summed E-state index contributed by atoms with van der Waals surface area (Å²) in [7, 11) is 0. The summed E-state index contributed by atoms with van der Waals surface area (Å²) in [6.07, 6.45) is 0. The van der Waals surface area contributed by atoms with Gasteiger partial charge in [-0.2, -0.15) is 0 Å². The van der Waals surface area contributed by atoms with Crippen LogP contribution in [-0.4, -0.2) is 16.8 Å². The Bertz CT molecular complexity index is 971. The molecule has 1 heterocycles. The minimum absolute atomic E-state index is 0.209. The fraction of sp³-hybridized carbons (Fsp3) is 0.0556. The summed E-state index contributed by atoms with van der Waals surface area (Å²) in [5.41, 5.74) is 2.04. The lowest BCUT2D eigenvalue weighted by Crippen LogP contribution is -2.14. The molecular formula is C18H13Cl2N3O2S. The highest BCUT2D eigenvalue weighted by atomic mass is 35.5. The second-order valence-electron chi connectivity index (χ2n) is 5.37. The summed E-state index contributed by atoms with van der Waals surface area (Å²) in [6.45, 7) is 1.82. The zero-order valence-electron chi connectivity index (χ0n) is 13.5. The Morgan fingerprint density at radius 2 is 1.73 bits per heavy atom. The van der Waals surface area contributed by atoms with Crippen LogP contribution in [0, 0.1) is 6.92 Å². The van der Waals surface area contributed by atoms with Crippen LogP contribution >= 0.6 is 34.5 Å². The van der Waals surface area contributed by atoms with Gasteiger partial charge in [-0.25, -0.2) is 4.98 Å². The smallest absolute Gasteiger partial charge is 0.275 e. The SMILES string of the molecule is Cc1c(Cl)cccc1NC(=O)c1csc(NC(=O)c2ccc(Cl)cc2)n1. The Kier molecular flexibility index (Phi) is 5.56. The van der Waals surface area contributed by atoms with Gasteiger partial charge in [-0.1, -0.05) is 29.3 Å². The largest absolute Gasteiger partial charge is 0.320 e. The number of halogens is 2. The molecule has 0 aliphatic heterocycles. The van der Waals surface area contributed by atoms with Crippen molar-refractivity contribution in [2.24, 2.45) is 0 Å². The van der Waals surface area contributed by atoms with Crippen LogP contribution in [-0.2, 0) is 0 Å². The standard InChI is InChI=1S/C18H13Cl2N3O2S/c1-10-13(20)3-2-4-14(10)21-17(25)15-9-26-18(22-15)23-16(24)11-5-7-12(19)8-6-11/h2-9H,1H3,(H,21,25)(H,22,23,24). The minimum atomic E-state index is -0.376. The van der Waals surface area contributed by atoms with Crippen molar-refractivity contribution in [2.45, 2.75) is 6.92 Å².